The third-order valence-electron chi connectivity index (χ3n) is 2.91. The van der Waals surface area contributed by atoms with E-state index >= 15 is 0 Å². The molecule has 0 aliphatic rings. The van der Waals surface area contributed by atoms with Crippen molar-refractivity contribution in [2.75, 3.05) is 7.05 Å². The first-order chi connectivity index (χ1) is 9.88. The lowest BCUT2D eigenvalue weighted by molar-refractivity contribution is 0.0784. The molecule has 0 aliphatic heterocycles. The highest BCUT2D eigenvalue weighted by Gasteiger charge is 2.16. The molecule has 110 valence electrons. The number of hydrogen-bond acceptors (Lipinski definition) is 1. The summed E-state index contributed by atoms with van der Waals surface area (Å²) in [7, 11) is 1.62. The van der Waals surface area contributed by atoms with Gasteiger partial charge in [-0.1, -0.05) is 6.07 Å². The maximum absolute atomic E-state index is 13.2. The Hall–Kier alpha value is -1.02. The molecule has 2 aromatic carbocycles. The van der Waals surface area contributed by atoms with Crippen LogP contribution in [-0.4, -0.2) is 17.9 Å². The van der Waals surface area contributed by atoms with Crippen LogP contribution in [0.5, 0.6) is 0 Å². The van der Waals surface area contributed by atoms with E-state index in [1.54, 1.807) is 19.2 Å². The van der Waals surface area contributed by atoms with Crippen LogP contribution in [0.25, 0.3) is 0 Å². The second kappa shape index (κ2) is 6.83. The SMILES string of the molecule is CN(Cc1ccc(F)c(F)c1)C(=O)c1cc(I)ccc1Br. The van der Waals surface area contributed by atoms with Gasteiger partial charge in [0.25, 0.3) is 5.91 Å². The summed E-state index contributed by atoms with van der Waals surface area (Å²) in [6.07, 6.45) is 0. The first kappa shape index (κ1) is 16.4. The first-order valence-corrected chi connectivity index (χ1v) is 7.90. The zero-order valence-corrected chi connectivity index (χ0v) is 14.8. The highest BCUT2D eigenvalue weighted by atomic mass is 127. The summed E-state index contributed by atoms with van der Waals surface area (Å²) in [6.45, 7) is 0.202. The van der Waals surface area contributed by atoms with E-state index in [4.69, 9.17) is 0 Å². The van der Waals surface area contributed by atoms with Gasteiger partial charge in [0.1, 0.15) is 0 Å². The highest BCUT2D eigenvalue weighted by molar-refractivity contribution is 14.1. The van der Waals surface area contributed by atoms with Gasteiger partial charge in [-0.15, -0.1) is 0 Å². The monoisotopic (exact) mass is 465 g/mol. The number of hydrogen-bond donors (Lipinski definition) is 0. The molecule has 0 aromatic heterocycles. The molecule has 0 fully saturated rings. The average Bonchev–Trinajstić information content (AvgIpc) is 2.44. The predicted octanol–water partition coefficient (Wildman–Crippen LogP) is 4.60. The van der Waals surface area contributed by atoms with Gasteiger partial charge in [0.15, 0.2) is 11.6 Å². The van der Waals surface area contributed by atoms with Crippen molar-refractivity contribution >= 4 is 44.4 Å². The Labute approximate surface area is 143 Å². The van der Waals surface area contributed by atoms with Gasteiger partial charge in [-0.2, -0.15) is 0 Å². The maximum Gasteiger partial charge on any atom is 0.255 e. The highest BCUT2D eigenvalue weighted by Crippen LogP contribution is 2.21. The van der Waals surface area contributed by atoms with Crippen LogP contribution in [0.3, 0.4) is 0 Å². The molecule has 0 unspecified atom stereocenters. The summed E-state index contributed by atoms with van der Waals surface area (Å²) >= 11 is 5.47. The summed E-state index contributed by atoms with van der Waals surface area (Å²) in [5.41, 5.74) is 1.07. The Balaban J connectivity index is 2.19. The van der Waals surface area contributed by atoms with Gasteiger partial charge in [-0.05, 0) is 74.4 Å². The Morgan fingerprint density at radius 1 is 1.19 bits per heavy atom. The van der Waals surface area contributed by atoms with E-state index in [1.165, 1.54) is 11.0 Å². The van der Waals surface area contributed by atoms with Crippen molar-refractivity contribution in [3.05, 3.63) is 67.2 Å². The molecular weight excluding hydrogens is 455 g/mol. The molecule has 0 saturated carbocycles. The van der Waals surface area contributed by atoms with E-state index in [9.17, 15) is 13.6 Å². The number of amides is 1. The average molecular weight is 466 g/mol. The molecule has 6 heteroatoms. The van der Waals surface area contributed by atoms with E-state index in [2.05, 4.69) is 38.5 Å². The third-order valence-corrected chi connectivity index (χ3v) is 4.27. The van der Waals surface area contributed by atoms with Gasteiger partial charge < -0.3 is 4.90 Å². The lowest BCUT2D eigenvalue weighted by atomic mass is 10.1. The number of benzene rings is 2. The van der Waals surface area contributed by atoms with E-state index in [0.717, 1.165) is 15.7 Å². The van der Waals surface area contributed by atoms with E-state index in [1.807, 2.05) is 6.07 Å². The van der Waals surface area contributed by atoms with Crippen LogP contribution in [0.15, 0.2) is 40.9 Å². The second-order valence-corrected chi connectivity index (χ2v) is 6.63. The molecule has 21 heavy (non-hydrogen) atoms. The number of nitrogens with zero attached hydrogens (tertiary/aromatic N) is 1. The van der Waals surface area contributed by atoms with Crippen molar-refractivity contribution < 1.29 is 13.6 Å². The van der Waals surface area contributed by atoms with Crippen molar-refractivity contribution in [1.29, 1.82) is 0 Å². The third kappa shape index (κ3) is 4.00. The molecule has 0 radical (unpaired) electrons. The van der Waals surface area contributed by atoms with Gasteiger partial charge in [-0.25, -0.2) is 8.78 Å². The van der Waals surface area contributed by atoms with Crippen LogP contribution < -0.4 is 0 Å². The predicted molar refractivity (Wildman–Crippen MR) is 89.0 cm³/mol. The standard InChI is InChI=1S/C15H11BrF2INO/c1-20(8-9-2-5-13(17)14(18)6-9)15(21)11-7-10(19)3-4-12(11)16/h2-7H,8H2,1H3. The molecule has 0 aliphatic carbocycles. The molecule has 0 N–H and O–H groups in total. The summed E-state index contributed by atoms with van der Waals surface area (Å²) < 4.78 is 27.7. The Morgan fingerprint density at radius 2 is 1.90 bits per heavy atom. The number of carbonyl (C=O) groups excluding carboxylic acids is 1. The van der Waals surface area contributed by atoms with Crippen molar-refractivity contribution in [3.8, 4) is 0 Å². The maximum atomic E-state index is 13.2. The smallest absolute Gasteiger partial charge is 0.255 e. The van der Waals surface area contributed by atoms with Gasteiger partial charge in [-0.3, -0.25) is 4.79 Å². The van der Waals surface area contributed by atoms with Gasteiger partial charge >= 0.3 is 0 Å². The molecule has 0 heterocycles. The van der Waals surface area contributed by atoms with E-state index in [-0.39, 0.29) is 12.5 Å². The zero-order valence-electron chi connectivity index (χ0n) is 11.0. The molecule has 2 nitrogen and oxygen atoms in total. The van der Waals surface area contributed by atoms with Crippen LogP contribution in [0.2, 0.25) is 0 Å². The normalized spacial score (nSPS) is 10.5. The van der Waals surface area contributed by atoms with Crippen LogP contribution in [0, 0.1) is 15.2 Å². The van der Waals surface area contributed by atoms with Gasteiger partial charge in [0.05, 0.1) is 5.56 Å². The summed E-state index contributed by atoms with van der Waals surface area (Å²) in [5, 5.41) is 0. The molecular formula is C15H11BrF2INO. The molecule has 2 aromatic rings. The van der Waals surface area contributed by atoms with Crippen LogP contribution >= 0.6 is 38.5 Å². The molecule has 0 spiro atoms. The molecule has 0 atom stereocenters. The fourth-order valence-electron chi connectivity index (χ4n) is 1.85. The van der Waals surface area contributed by atoms with Crippen molar-refractivity contribution in [2.24, 2.45) is 0 Å². The summed E-state index contributed by atoms with van der Waals surface area (Å²) in [4.78, 5) is 13.9. The number of carbonyl (C=O) groups is 1. The van der Waals surface area contributed by atoms with Gasteiger partial charge in [0, 0.05) is 21.6 Å². The van der Waals surface area contributed by atoms with Crippen molar-refractivity contribution in [1.82, 2.24) is 4.90 Å². The first-order valence-electron chi connectivity index (χ1n) is 6.03. The molecule has 0 bridgehead atoms. The van der Waals surface area contributed by atoms with Gasteiger partial charge in [0.2, 0.25) is 0 Å². The summed E-state index contributed by atoms with van der Waals surface area (Å²) in [5.74, 6) is -2.00. The largest absolute Gasteiger partial charge is 0.337 e. The van der Waals surface area contributed by atoms with E-state index < -0.39 is 11.6 Å². The molecule has 0 saturated heterocycles. The Kier molecular flexibility index (Phi) is 5.32. The van der Waals surface area contributed by atoms with Crippen molar-refractivity contribution in [3.63, 3.8) is 0 Å². The Bertz CT molecular complexity index is 693. The quantitative estimate of drug-likeness (QED) is 0.606. The fourth-order valence-corrected chi connectivity index (χ4v) is 2.76. The minimum Gasteiger partial charge on any atom is -0.337 e. The lowest BCUT2D eigenvalue weighted by Gasteiger charge is -2.18. The Morgan fingerprint density at radius 3 is 2.57 bits per heavy atom. The van der Waals surface area contributed by atoms with Crippen LogP contribution in [0.1, 0.15) is 15.9 Å². The lowest BCUT2D eigenvalue weighted by Crippen LogP contribution is -2.26. The number of rotatable bonds is 3. The minimum absolute atomic E-state index is 0.190. The minimum atomic E-state index is -0.913. The second-order valence-electron chi connectivity index (χ2n) is 4.53. The van der Waals surface area contributed by atoms with Crippen LogP contribution in [-0.2, 0) is 6.54 Å². The van der Waals surface area contributed by atoms with Crippen molar-refractivity contribution in [2.45, 2.75) is 6.54 Å². The molecule has 1 amide bonds. The topological polar surface area (TPSA) is 20.3 Å². The van der Waals surface area contributed by atoms with Crippen LogP contribution in [0.4, 0.5) is 8.78 Å². The number of halogens is 4. The zero-order chi connectivity index (χ0) is 15.6. The van der Waals surface area contributed by atoms with E-state index in [0.29, 0.717) is 15.6 Å². The fraction of sp³-hybridized carbons (Fsp3) is 0.133. The molecule has 2 rings (SSSR count). The summed E-state index contributed by atoms with van der Waals surface area (Å²) in [6, 6.07) is 9.09.